The number of nitrogens with one attached hydrogen (secondary N) is 1. The molecule has 0 unspecified atom stereocenters. The number of fused-ring (bicyclic) bond motifs is 3. The Bertz CT molecular complexity index is 610. The average molecular weight is 240 g/mol. The number of hydrogen-bond donors (Lipinski definition) is 1. The summed E-state index contributed by atoms with van der Waals surface area (Å²) in [6.07, 6.45) is 2.93. The number of benzene rings is 1. The lowest BCUT2D eigenvalue weighted by atomic mass is 10.1. The first kappa shape index (κ1) is 10.3. The van der Waals surface area contributed by atoms with Crippen LogP contribution in [0.5, 0.6) is 0 Å². The third kappa shape index (κ3) is 1.42. The minimum absolute atomic E-state index is 0.605. The molecule has 18 heavy (non-hydrogen) atoms. The van der Waals surface area contributed by atoms with Crippen LogP contribution in [0.25, 0.3) is 10.9 Å². The molecule has 2 saturated heterocycles. The smallest absolute Gasteiger partial charge is 0.140 e. The van der Waals surface area contributed by atoms with Crippen LogP contribution >= 0.6 is 0 Å². The zero-order valence-electron chi connectivity index (χ0n) is 10.4. The summed E-state index contributed by atoms with van der Waals surface area (Å²) in [5.74, 6) is 1.11. The second kappa shape index (κ2) is 3.65. The number of piperazine rings is 1. The molecule has 1 aromatic heterocycles. The van der Waals surface area contributed by atoms with Crippen LogP contribution in [0.15, 0.2) is 24.5 Å². The van der Waals surface area contributed by atoms with E-state index in [0.29, 0.717) is 12.1 Å². The third-order valence-corrected chi connectivity index (χ3v) is 4.10. The van der Waals surface area contributed by atoms with E-state index in [1.165, 1.54) is 17.4 Å². The van der Waals surface area contributed by atoms with Crippen molar-refractivity contribution in [2.75, 3.05) is 18.0 Å². The van der Waals surface area contributed by atoms with Crippen LogP contribution in [0.3, 0.4) is 0 Å². The number of rotatable bonds is 1. The van der Waals surface area contributed by atoms with Gasteiger partial charge >= 0.3 is 0 Å². The highest BCUT2D eigenvalue weighted by atomic mass is 15.3. The zero-order chi connectivity index (χ0) is 12.1. The Kier molecular flexibility index (Phi) is 2.08. The highest BCUT2D eigenvalue weighted by molar-refractivity contribution is 5.90. The van der Waals surface area contributed by atoms with Crippen LogP contribution < -0.4 is 10.2 Å². The standard InChI is InChI=1S/C14H16N4/c1-9-2-3-13-12(4-9)14(17-8-16-13)18-7-10-5-11(18)6-15-10/h2-4,8,10-11,15H,5-7H2,1H3/t10-,11-/m0/s1. The van der Waals surface area contributed by atoms with Crippen molar-refractivity contribution in [1.82, 2.24) is 15.3 Å². The van der Waals surface area contributed by atoms with E-state index in [2.05, 4.69) is 45.3 Å². The zero-order valence-corrected chi connectivity index (χ0v) is 10.4. The van der Waals surface area contributed by atoms with Crippen molar-refractivity contribution in [1.29, 1.82) is 0 Å². The fraction of sp³-hybridized carbons (Fsp3) is 0.429. The average Bonchev–Trinajstić information content (AvgIpc) is 3.00. The minimum Gasteiger partial charge on any atom is -0.350 e. The lowest BCUT2D eigenvalue weighted by Crippen LogP contribution is -2.44. The van der Waals surface area contributed by atoms with Gasteiger partial charge in [-0.25, -0.2) is 9.97 Å². The van der Waals surface area contributed by atoms with Gasteiger partial charge in [-0.15, -0.1) is 0 Å². The first-order chi connectivity index (χ1) is 8.81. The van der Waals surface area contributed by atoms with E-state index in [1.54, 1.807) is 6.33 Å². The molecule has 3 heterocycles. The maximum Gasteiger partial charge on any atom is 0.140 e. The van der Waals surface area contributed by atoms with Crippen molar-refractivity contribution in [2.24, 2.45) is 0 Å². The van der Waals surface area contributed by atoms with Gasteiger partial charge in [0.1, 0.15) is 12.1 Å². The van der Waals surface area contributed by atoms with Crippen LogP contribution in [0.2, 0.25) is 0 Å². The molecule has 2 atom stereocenters. The molecule has 4 heteroatoms. The Balaban J connectivity index is 1.87. The third-order valence-electron chi connectivity index (χ3n) is 4.10. The van der Waals surface area contributed by atoms with Gasteiger partial charge in [-0.3, -0.25) is 0 Å². The maximum absolute atomic E-state index is 4.54. The Morgan fingerprint density at radius 1 is 1.33 bits per heavy atom. The lowest BCUT2D eigenvalue weighted by molar-refractivity contribution is 0.577. The first-order valence-electron chi connectivity index (χ1n) is 6.52. The second-order valence-corrected chi connectivity index (χ2v) is 5.36. The lowest BCUT2D eigenvalue weighted by Gasteiger charge is -2.29. The van der Waals surface area contributed by atoms with Crippen LogP contribution in [-0.2, 0) is 0 Å². The molecule has 1 N–H and O–H groups in total. The molecule has 4 nitrogen and oxygen atoms in total. The molecule has 1 aromatic carbocycles. The molecular formula is C14H16N4. The molecule has 0 saturated carbocycles. The van der Waals surface area contributed by atoms with Crippen LogP contribution in [0, 0.1) is 6.92 Å². The molecule has 2 aliphatic heterocycles. The highest BCUT2D eigenvalue weighted by Crippen LogP contribution is 2.32. The van der Waals surface area contributed by atoms with E-state index in [4.69, 9.17) is 0 Å². The molecule has 4 rings (SSSR count). The van der Waals surface area contributed by atoms with Crippen molar-refractivity contribution in [3.63, 3.8) is 0 Å². The molecule has 92 valence electrons. The molecule has 0 radical (unpaired) electrons. The summed E-state index contributed by atoms with van der Waals surface area (Å²) in [5, 5.41) is 4.72. The molecule has 0 spiro atoms. The summed E-state index contributed by atoms with van der Waals surface area (Å²) in [6.45, 7) is 4.28. The van der Waals surface area contributed by atoms with Crippen molar-refractivity contribution in [3.05, 3.63) is 30.1 Å². The molecule has 2 aliphatic rings. The topological polar surface area (TPSA) is 41.1 Å². The summed E-state index contributed by atoms with van der Waals surface area (Å²) in [5.41, 5.74) is 2.31. The highest BCUT2D eigenvalue weighted by Gasteiger charge is 2.38. The van der Waals surface area contributed by atoms with Crippen molar-refractivity contribution in [3.8, 4) is 0 Å². The second-order valence-electron chi connectivity index (χ2n) is 5.36. The number of hydrogen-bond acceptors (Lipinski definition) is 4. The van der Waals surface area contributed by atoms with Crippen molar-refractivity contribution >= 4 is 16.7 Å². The van der Waals surface area contributed by atoms with Gasteiger partial charge in [0, 0.05) is 30.6 Å². The largest absolute Gasteiger partial charge is 0.350 e. The number of nitrogens with zero attached hydrogens (tertiary/aromatic N) is 3. The van der Waals surface area contributed by atoms with E-state index in [0.717, 1.165) is 24.4 Å². The SMILES string of the molecule is Cc1ccc2ncnc(N3C[C@@H]4C[C@H]3CN4)c2c1. The fourth-order valence-electron chi connectivity index (χ4n) is 3.21. The molecule has 2 bridgehead atoms. The Labute approximate surface area is 106 Å². The molecule has 2 fully saturated rings. The quantitative estimate of drug-likeness (QED) is 0.820. The summed E-state index contributed by atoms with van der Waals surface area (Å²) >= 11 is 0. The van der Waals surface area contributed by atoms with Gasteiger partial charge in [-0.2, -0.15) is 0 Å². The van der Waals surface area contributed by atoms with Gasteiger partial charge in [-0.05, 0) is 25.5 Å². The molecular weight excluding hydrogens is 224 g/mol. The van der Waals surface area contributed by atoms with Crippen LogP contribution in [0.4, 0.5) is 5.82 Å². The normalized spacial score (nSPS) is 26.2. The van der Waals surface area contributed by atoms with Crippen molar-refractivity contribution < 1.29 is 0 Å². The summed E-state index contributed by atoms with van der Waals surface area (Å²) < 4.78 is 0. The predicted octanol–water partition coefficient (Wildman–Crippen LogP) is 1.49. The van der Waals surface area contributed by atoms with E-state index in [9.17, 15) is 0 Å². The Hall–Kier alpha value is -1.68. The fourth-order valence-corrected chi connectivity index (χ4v) is 3.21. The van der Waals surface area contributed by atoms with Crippen LogP contribution in [-0.4, -0.2) is 35.1 Å². The van der Waals surface area contributed by atoms with E-state index < -0.39 is 0 Å². The van der Waals surface area contributed by atoms with E-state index in [1.807, 2.05) is 0 Å². The van der Waals surface area contributed by atoms with Gasteiger partial charge < -0.3 is 10.2 Å². The Morgan fingerprint density at radius 2 is 2.28 bits per heavy atom. The van der Waals surface area contributed by atoms with Gasteiger partial charge in [0.2, 0.25) is 0 Å². The summed E-state index contributed by atoms with van der Waals surface area (Å²) in [6, 6.07) is 7.64. The molecule has 0 aliphatic carbocycles. The molecule has 2 aromatic rings. The summed E-state index contributed by atoms with van der Waals surface area (Å²) in [4.78, 5) is 11.3. The number of aryl methyl sites for hydroxylation is 1. The van der Waals surface area contributed by atoms with Gasteiger partial charge in [0.05, 0.1) is 5.52 Å². The van der Waals surface area contributed by atoms with Gasteiger partial charge in [0.25, 0.3) is 0 Å². The van der Waals surface area contributed by atoms with E-state index >= 15 is 0 Å². The predicted molar refractivity (Wildman–Crippen MR) is 71.8 cm³/mol. The van der Waals surface area contributed by atoms with Crippen molar-refractivity contribution in [2.45, 2.75) is 25.4 Å². The first-order valence-corrected chi connectivity index (χ1v) is 6.52. The Morgan fingerprint density at radius 3 is 3.06 bits per heavy atom. The molecule has 0 amide bonds. The number of aromatic nitrogens is 2. The minimum atomic E-state index is 0.605. The van der Waals surface area contributed by atoms with Gasteiger partial charge in [0.15, 0.2) is 0 Å². The van der Waals surface area contributed by atoms with Crippen LogP contribution in [0.1, 0.15) is 12.0 Å². The number of anilines is 1. The summed E-state index contributed by atoms with van der Waals surface area (Å²) in [7, 11) is 0. The van der Waals surface area contributed by atoms with Gasteiger partial charge in [-0.1, -0.05) is 11.6 Å². The monoisotopic (exact) mass is 240 g/mol. The maximum atomic E-state index is 4.54. The van der Waals surface area contributed by atoms with E-state index in [-0.39, 0.29) is 0 Å².